The van der Waals surface area contributed by atoms with Crippen molar-refractivity contribution in [3.05, 3.63) is 48.3 Å². The van der Waals surface area contributed by atoms with Crippen LogP contribution in [0.5, 0.6) is 17.2 Å². The number of pyridine rings is 1. The number of benzene rings is 1. The number of nitrogens with zero attached hydrogens (tertiary/aromatic N) is 2. The van der Waals surface area contributed by atoms with E-state index in [1.807, 2.05) is 6.07 Å². The summed E-state index contributed by atoms with van der Waals surface area (Å²) in [7, 11) is 0. The van der Waals surface area contributed by atoms with Gasteiger partial charge in [-0.15, -0.1) is 13.2 Å². The van der Waals surface area contributed by atoms with Gasteiger partial charge in [-0.05, 0) is 36.4 Å². The first-order valence-corrected chi connectivity index (χ1v) is 5.37. The highest BCUT2D eigenvalue weighted by Crippen LogP contribution is 2.28. The Labute approximate surface area is 112 Å². The summed E-state index contributed by atoms with van der Waals surface area (Å²) in [6.45, 7) is 0. The Hall–Kier alpha value is -2.75. The van der Waals surface area contributed by atoms with Gasteiger partial charge in [-0.25, -0.2) is 4.98 Å². The van der Waals surface area contributed by atoms with Crippen LogP contribution in [0.25, 0.3) is 0 Å². The summed E-state index contributed by atoms with van der Waals surface area (Å²) in [6.07, 6.45) is -3.30. The van der Waals surface area contributed by atoms with E-state index in [1.54, 1.807) is 6.07 Å². The molecule has 0 fully saturated rings. The second-order valence-corrected chi connectivity index (χ2v) is 3.58. The first-order chi connectivity index (χ1) is 9.48. The Balaban J connectivity index is 2.13. The summed E-state index contributed by atoms with van der Waals surface area (Å²) in [5, 5.41) is 8.83. The molecule has 1 aromatic carbocycles. The van der Waals surface area contributed by atoms with Gasteiger partial charge in [-0.3, -0.25) is 0 Å². The quantitative estimate of drug-likeness (QED) is 0.861. The minimum atomic E-state index is -4.74. The van der Waals surface area contributed by atoms with Gasteiger partial charge in [0.2, 0.25) is 0 Å². The van der Waals surface area contributed by atoms with Gasteiger partial charge in [0, 0.05) is 6.20 Å². The fourth-order valence-corrected chi connectivity index (χ4v) is 1.39. The van der Waals surface area contributed by atoms with Crippen LogP contribution in [0.15, 0.2) is 42.6 Å². The van der Waals surface area contributed by atoms with Crippen LogP contribution in [0.1, 0.15) is 5.69 Å². The van der Waals surface area contributed by atoms with Gasteiger partial charge in [-0.1, -0.05) is 0 Å². The minimum Gasteiger partial charge on any atom is -0.454 e. The zero-order valence-corrected chi connectivity index (χ0v) is 9.89. The third-order valence-electron chi connectivity index (χ3n) is 2.16. The molecule has 102 valence electrons. The van der Waals surface area contributed by atoms with Crippen molar-refractivity contribution < 1.29 is 22.6 Å². The summed E-state index contributed by atoms with van der Waals surface area (Å²) < 4.78 is 45.1. The van der Waals surface area contributed by atoms with E-state index in [1.165, 1.54) is 24.4 Å². The Bertz CT molecular complexity index is 633. The molecular formula is C13H7F3N2O2. The number of halogens is 3. The van der Waals surface area contributed by atoms with E-state index in [-0.39, 0.29) is 22.9 Å². The zero-order valence-electron chi connectivity index (χ0n) is 9.89. The van der Waals surface area contributed by atoms with Crippen molar-refractivity contribution in [2.24, 2.45) is 0 Å². The van der Waals surface area contributed by atoms with Crippen LogP contribution in [0.2, 0.25) is 0 Å². The summed E-state index contributed by atoms with van der Waals surface area (Å²) >= 11 is 0. The lowest BCUT2D eigenvalue weighted by atomic mass is 10.3. The lowest BCUT2D eigenvalue weighted by Crippen LogP contribution is -2.16. The molecule has 0 bridgehead atoms. The third-order valence-corrected chi connectivity index (χ3v) is 2.16. The molecule has 2 rings (SSSR count). The van der Waals surface area contributed by atoms with Gasteiger partial charge < -0.3 is 9.47 Å². The van der Waals surface area contributed by atoms with E-state index in [9.17, 15) is 13.2 Å². The number of hydrogen-bond acceptors (Lipinski definition) is 4. The first-order valence-electron chi connectivity index (χ1n) is 5.37. The predicted molar refractivity (Wildman–Crippen MR) is 62.2 cm³/mol. The van der Waals surface area contributed by atoms with Gasteiger partial charge in [0.1, 0.15) is 17.6 Å². The zero-order chi connectivity index (χ0) is 14.6. The number of nitriles is 1. The average molecular weight is 280 g/mol. The molecule has 7 heteroatoms. The average Bonchev–Trinajstić information content (AvgIpc) is 2.40. The highest BCUT2D eigenvalue weighted by molar-refractivity contribution is 5.41. The second kappa shape index (κ2) is 5.48. The number of rotatable bonds is 3. The van der Waals surface area contributed by atoms with Gasteiger partial charge in [-0.2, -0.15) is 5.26 Å². The van der Waals surface area contributed by atoms with Crippen molar-refractivity contribution in [2.45, 2.75) is 6.36 Å². The number of hydrogen-bond donors (Lipinski definition) is 0. The van der Waals surface area contributed by atoms with Crippen molar-refractivity contribution in [3.8, 4) is 23.3 Å². The van der Waals surface area contributed by atoms with Crippen LogP contribution in [0, 0.1) is 11.3 Å². The first kappa shape index (κ1) is 13.7. The molecule has 1 aromatic heterocycles. The van der Waals surface area contributed by atoms with Crippen LogP contribution in [0.3, 0.4) is 0 Å². The highest BCUT2D eigenvalue weighted by Gasteiger charge is 2.30. The van der Waals surface area contributed by atoms with Crippen molar-refractivity contribution in [2.75, 3.05) is 0 Å². The fourth-order valence-electron chi connectivity index (χ4n) is 1.39. The molecule has 2 aromatic rings. The molecule has 0 saturated heterocycles. The molecule has 0 radical (unpaired) electrons. The van der Waals surface area contributed by atoms with E-state index >= 15 is 0 Å². The molecule has 20 heavy (non-hydrogen) atoms. The van der Waals surface area contributed by atoms with Crippen molar-refractivity contribution in [1.29, 1.82) is 5.26 Å². The third kappa shape index (κ3) is 3.62. The smallest absolute Gasteiger partial charge is 0.454 e. The van der Waals surface area contributed by atoms with Crippen molar-refractivity contribution in [1.82, 2.24) is 4.98 Å². The molecule has 0 aliphatic carbocycles. The fraction of sp³-hybridized carbons (Fsp3) is 0.0769. The number of aromatic nitrogens is 1. The van der Waals surface area contributed by atoms with E-state index in [0.717, 1.165) is 12.1 Å². The predicted octanol–water partition coefficient (Wildman–Crippen LogP) is 3.64. The SMILES string of the molecule is N#Cc1ncccc1Oc1ccc(OC(F)(F)F)cc1. The molecule has 0 aliphatic rings. The molecule has 4 nitrogen and oxygen atoms in total. The number of alkyl halides is 3. The van der Waals surface area contributed by atoms with Gasteiger partial charge in [0.05, 0.1) is 0 Å². The Morgan fingerprint density at radius 1 is 1.05 bits per heavy atom. The lowest BCUT2D eigenvalue weighted by Gasteiger charge is -2.10. The summed E-state index contributed by atoms with van der Waals surface area (Å²) in [6, 6.07) is 9.80. The number of ether oxygens (including phenoxy) is 2. The topological polar surface area (TPSA) is 55.1 Å². The lowest BCUT2D eigenvalue weighted by molar-refractivity contribution is -0.274. The standard InChI is InChI=1S/C13H7F3N2O2/c14-13(15,16)20-10-5-3-9(4-6-10)19-12-2-1-7-18-11(12)8-17/h1-7H. The molecular weight excluding hydrogens is 273 g/mol. The molecule has 0 aliphatic heterocycles. The van der Waals surface area contributed by atoms with Crippen molar-refractivity contribution >= 4 is 0 Å². The second-order valence-electron chi connectivity index (χ2n) is 3.58. The van der Waals surface area contributed by atoms with Gasteiger partial charge >= 0.3 is 6.36 Å². The Morgan fingerprint density at radius 3 is 2.30 bits per heavy atom. The van der Waals surface area contributed by atoms with E-state index in [0.29, 0.717) is 0 Å². The maximum Gasteiger partial charge on any atom is 0.573 e. The highest BCUT2D eigenvalue weighted by atomic mass is 19.4. The van der Waals surface area contributed by atoms with Crippen LogP contribution >= 0.6 is 0 Å². The maximum atomic E-state index is 12.0. The van der Waals surface area contributed by atoms with Crippen LogP contribution in [-0.4, -0.2) is 11.3 Å². The molecule has 0 unspecified atom stereocenters. The van der Waals surface area contributed by atoms with E-state index in [4.69, 9.17) is 10.00 Å². The largest absolute Gasteiger partial charge is 0.573 e. The summed E-state index contributed by atoms with van der Waals surface area (Å²) in [4.78, 5) is 3.80. The molecule has 0 spiro atoms. The van der Waals surface area contributed by atoms with Crippen LogP contribution in [-0.2, 0) is 0 Å². The molecule has 0 saturated carbocycles. The molecule has 1 heterocycles. The van der Waals surface area contributed by atoms with Crippen molar-refractivity contribution in [3.63, 3.8) is 0 Å². The normalized spacial score (nSPS) is 10.7. The molecule has 0 N–H and O–H groups in total. The van der Waals surface area contributed by atoms with E-state index in [2.05, 4.69) is 9.72 Å². The Morgan fingerprint density at radius 2 is 1.70 bits per heavy atom. The Kier molecular flexibility index (Phi) is 3.75. The minimum absolute atomic E-state index is 0.0862. The molecule has 0 amide bonds. The van der Waals surface area contributed by atoms with Gasteiger partial charge in [0.15, 0.2) is 11.4 Å². The summed E-state index contributed by atoms with van der Waals surface area (Å²) in [5.74, 6) is 0.139. The van der Waals surface area contributed by atoms with Gasteiger partial charge in [0.25, 0.3) is 0 Å². The maximum absolute atomic E-state index is 12.0. The monoisotopic (exact) mass is 280 g/mol. The van der Waals surface area contributed by atoms with E-state index < -0.39 is 6.36 Å². The van der Waals surface area contributed by atoms with Crippen LogP contribution < -0.4 is 9.47 Å². The van der Waals surface area contributed by atoms with Crippen LogP contribution in [0.4, 0.5) is 13.2 Å². The summed E-state index contributed by atoms with van der Waals surface area (Å²) in [5.41, 5.74) is 0.0862. The molecule has 0 atom stereocenters.